The van der Waals surface area contributed by atoms with E-state index >= 15 is 0 Å². The maximum Gasteiger partial charge on any atom is 0.148 e. The molecule has 2 heterocycles. The van der Waals surface area contributed by atoms with Crippen LogP contribution in [0.15, 0.2) is 67.1 Å². The van der Waals surface area contributed by atoms with Gasteiger partial charge in [0, 0.05) is 27.9 Å². The predicted molar refractivity (Wildman–Crippen MR) is 135 cm³/mol. The van der Waals surface area contributed by atoms with E-state index in [1.54, 1.807) is 26.5 Å². The maximum absolute atomic E-state index is 6.52. The molecule has 170 valence electrons. The Morgan fingerprint density at radius 1 is 0.853 bits per heavy atom. The first-order valence-corrected chi connectivity index (χ1v) is 11.1. The van der Waals surface area contributed by atoms with Crippen molar-refractivity contribution >= 4 is 45.6 Å². The van der Waals surface area contributed by atoms with E-state index in [0.717, 1.165) is 27.9 Å². The zero-order chi connectivity index (χ0) is 23.7. The lowest BCUT2D eigenvalue weighted by molar-refractivity contribution is 0.397. The van der Waals surface area contributed by atoms with Gasteiger partial charge in [0.25, 0.3) is 0 Å². The molecule has 0 aliphatic rings. The summed E-state index contributed by atoms with van der Waals surface area (Å²) in [6.07, 6.45) is 3.22. The summed E-state index contributed by atoms with van der Waals surface area (Å²) < 4.78 is 10.9. The molecule has 2 N–H and O–H groups in total. The van der Waals surface area contributed by atoms with Crippen molar-refractivity contribution in [2.24, 2.45) is 0 Å². The van der Waals surface area contributed by atoms with Crippen molar-refractivity contribution < 1.29 is 9.47 Å². The lowest BCUT2D eigenvalue weighted by Gasteiger charge is -2.13. The Morgan fingerprint density at radius 3 is 2.47 bits per heavy atom. The Morgan fingerprint density at radius 2 is 1.68 bits per heavy atom. The Hall–Kier alpha value is -3.81. The van der Waals surface area contributed by atoms with Crippen LogP contribution >= 0.6 is 23.2 Å². The zero-order valence-corrected chi connectivity index (χ0v) is 19.8. The van der Waals surface area contributed by atoms with Gasteiger partial charge in [0.15, 0.2) is 0 Å². The lowest BCUT2D eigenvalue weighted by Crippen LogP contribution is -1.99. The molecule has 0 fully saturated rings. The molecule has 0 saturated carbocycles. The van der Waals surface area contributed by atoms with Gasteiger partial charge in [0.2, 0.25) is 0 Å². The van der Waals surface area contributed by atoms with Gasteiger partial charge in [-0.05, 0) is 30.3 Å². The molecule has 9 heteroatoms. The normalized spacial score (nSPS) is 10.9. The lowest BCUT2D eigenvalue weighted by atomic mass is 10.1. The van der Waals surface area contributed by atoms with Gasteiger partial charge in [-0.15, -0.1) is 0 Å². The third-order valence-electron chi connectivity index (χ3n) is 5.36. The van der Waals surface area contributed by atoms with Crippen LogP contribution in [-0.2, 0) is 0 Å². The summed E-state index contributed by atoms with van der Waals surface area (Å²) in [6, 6.07) is 16.8. The summed E-state index contributed by atoms with van der Waals surface area (Å²) in [4.78, 5) is 16.6. The molecule has 0 spiro atoms. The molecule has 0 aliphatic heterocycles. The van der Waals surface area contributed by atoms with Gasteiger partial charge in [0.05, 0.1) is 36.5 Å². The zero-order valence-electron chi connectivity index (χ0n) is 18.3. The number of hydrogen-bond donors (Lipinski definition) is 2. The number of fused-ring (bicyclic) bond motifs is 1. The Labute approximate surface area is 205 Å². The largest absolute Gasteiger partial charge is 0.497 e. The minimum absolute atomic E-state index is 0.557. The fourth-order valence-electron chi connectivity index (χ4n) is 3.68. The van der Waals surface area contributed by atoms with Crippen molar-refractivity contribution in [3.63, 3.8) is 0 Å². The van der Waals surface area contributed by atoms with E-state index in [9.17, 15) is 0 Å². The van der Waals surface area contributed by atoms with Crippen LogP contribution in [-0.4, -0.2) is 34.2 Å². The Bertz CT molecular complexity index is 1500. The second-order valence-electron chi connectivity index (χ2n) is 7.39. The summed E-state index contributed by atoms with van der Waals surface area (Å²) in [5.41, 5.74) is 3.85. The first-order valence-electron chi connectivity index (χ1n) is 10.3. The van der Waals surface area contributed by atoms with E-state index in [-0.39, 0.29) is 0 Å². The van der Waals surface area contributed by atoms with Crippen LogP contribution in [0.1, 0.15) is 0 Å². The molecule has 2 aromatic heterocycles. The average molecular weight is 492 g/mol. The number of nitrogens with zero attached hydrogens (tertiary/aromatic N) is 3. The molecule has 5 rings (SSSR count). The van der Waals surface area contributed by atoms with Crippen LogP contribution in [0, 0.1) is 0 Å². The number of benzene rings is 3. The molecular weight excluding hydrogens is 473 g/mol. The van der Waals surface area contributed by atoms with Crippen molar-refractivity contribution in [2.45, 2.75) is 0 Å². The molecule has 0 atom stereocenters. The number of aromatic nitrogens is 4. The molecule has 0 radical (unpaired) electrons. The first kappa shape index (κ1) is 22.0. The van der Waals surface area contributed by atoms with Crippen LogP contribution in [0.5, 0.6) is 11.5 Å². The number of anilines is 2. The highest BCUT2D eigenvalue weighted by atomic mass is 35.5. The molecule has 0 unspecified atom stereocenters. The fraction of sp³-hybridized carbons (Fsp3) is 0.0800. The number of halogens is 2. The fourth-order valence-corrected chi connectivity index (χ4v) is 4.12. The Balaban J connectivity index is 1.52. The molecule has 34 heavy (non-hydrogen) atoms. The van der Waals surface area contributed by atoms with Gasteiger partial charge < -0.3 is 19.8 Å². The third kappa shape index (κ3) is 4.11. The van der Waals surface area contributed by atoms with E-state index in [1.165, 1.54) is 6.33 Å². The maximum atomic E-state index is 6.52. The van der Waals surface area contributed by atoms with Gasteiger partial charge in [-0.25, -0.2) is 15.0 Å². The van der Waals surface area contributed by atoms with Crippen LogP contribution in [0.3, 0.4) is 0 Å². The second-order valence-corrected chi connectivity index (χ2v) is 8.21. The first-order chi connectivity index (χ1) is 16.6. The van der Waals surface area contributed by atoms with E-state index in [4.69, 9.17) is 32.7 Å². The van der Waals surface area contributed by atoms with E-state index in [2.05, 4.69) is 25.3 Å². The van der Waals surface area contributed by atoms with Gasteiger partial charge in [-0.2, -0.15) is 0 Å². The highest BCUT2D eigenvalue weighted by Gasteiger charge is 2.14. The van der Waals surface area contributed by atoms with Gasteiger partial charge >= 0.3 is 0 Å². The van der Waals surface area contributed by atoms with Crippen LogP contribution in [0.4, 0.5) is 11.5 Å². The highest BCUT2D eigenvalue weighted by Crippen LogP contribution is 2.36. The Kier molecular flexibility index (Phi) is 5.96. The number of imidazole rings is 1. The van der Waals surface area contributed by atoms with Crippen molar-refractivity contribution in [3.8, 4) is 34.1 Å². The summed E-state index contributed by atoms with van der Waals surface area (Å²) >= 11 is 12.9. The molecule has 0 bridgehead atoms. The van der Waals surface area contributed by atoms with Crippen LogP contribution in [0.2, 0.25) is 10.0 Å². The number of ether oxygens (including phenoxy) is 2. The van der Waals surface area contributed by atoms with E-state index < -0.39 is 0 Å². The molecular formula is C25H19Cl2N5O2. The number of hydrogen-bond acceptors (Lipinski definition) is 6. The van der Waals surface area contributed by atoms with Gasteiger partial charge in [-0.3, -0.25) is 0 Å². The summed E-state index contributed by atoms with van der Waals surface area (Å²) in [7, 11) is 3.19. The summed E-state index contributed by atoms with van der Waals surface area (Å²) in [5, 5.41) is 5.31. The molecule has 0 saturated heterocycles. The number of aromatic amines is 1. The van der Waals surface area contributed by atoms with Crippen LogP contribution < -0.4 is 14.8 Å². The molecule has 0 amide bonds. The van der Waals surface area contributed by atoms with Crippen molar-refractivity contribution in [1.29, 1.82) is 0 Å². The molecule has 5 aromatic rings. The quantitative estimate of drug-likeness (QED) is 0.273. The third-order valence-corrected chi connectivity index (χ3v) is 6.02. The second kappa shape index (κ2) is 9.21. The topological polar surface area (TPSA) is 84.9 Å². The minimum atomic E-state index is 0.557. The smallest absolute Gasteiger partial charge is 0.148 e. The number of H-pyrrole nitrogens is 1. The van der Waals surface area contributed by atoms with Gasteiger partial charge in [-0.1, -0.05) is 41.4 Å². The molecule has 3 aromatic carbocycles. The van der Waals surface area contributed by atoms with Crippen molar-refractivity contribution in [3.05, 3.63) is 77.2 Å². The standard InChI is InChI=1S/C25H19Cl2N5O2/c1-33-15-10-18-23(22(11-15)34-2)29-13-30-25(18)31-14-7-8-20(27)17(9-14)24-28-12-21(32-24)16-5-3-4-6-19(16)26/h3-13H,1-2H3,(H,28,32)(H,29,30,31). The molecule has 0 aliphatic carbocycles. The summed E-state index contributed by atoms with van der Waals surface area (Å²) in [5.74, 6) is 2.46. The predicted octanol–water partition coefficient (Wildman–Crippen LogP) is 6.75. The SMILES string of the molecule is COc1cc(OC)c2ncnc(Nc3ccc(Cl)c(-c4ncc(-c5ccccc5Cl)[nH]4)c3)c2c1. The summed E-state index contributed by atoms with van der Waals surface area (Å²) in [6.45, 7) is 0. The molecule has 7 nitrogen and oxygen atoms in total. The highest BCUT2D eigenvalue weighted by molar-refractivity contribution is 6.33. The monoisotopic (exact) mass is 491 g/mol. The number of nitrogens with one attached hydrogen (secondary N) is 2. The minimum Gasteiger partial charge on any atom is -0.497 e. The number of rotatable bonds is 6. The van der Waals surface area contributed by atoms with Crippen molar-refractivity contribution in [2.75, 3.05) is 19.5 Å². The number of methoxy groups -OCH3 is 2. The van der Waals surface area contributed by atoms with Crippen molar-refractivity contribution in [1.82, 2.24) is 19.9 Å². The van der Waals surface area contributed by atoms with Crippen LogP contribution in [0.25, 0.3) is 33.5 Å². The van der Waals surface area contributed by atoms with Gasteiger partial charge in [0.1, 0.15) is 35.0 Å². The average Bonchev–Trinajstić information content (AvgIpc) is 3.35. The van der Waals surface area contributed by atoms with E-state index in [0.29, 0.717) is 38.7 Å². The van der Waals surface area contributed by atoms with E-state index in [1.807, 2.05) is 48.5 Å².